The number of aryl methyl sites for hydroxylation is 1. The molecular weight excluding hydrogens is 262 g/mol. The minimum Gasteiger partial charge on any atom is -0.271 e. The standard InChI is InChI=1S/C18H17NO2/c1-13(11-12-14-7-3-2-4-8-14)19-17(20)15-9-5-6-10-16(15)18(19)21/h2-10,13H,11-12H2,1H3. The number of carbonyl (C=O) groups excluding carboxylic acids is 2. The van der Waals surface area contributed by atoms with Gasteiger partial charge in [0.15, 0.2) is 0 Å². The van der Waals surface area contributed by atoms with Gasteiger partial charge in [-0.3, -0.25) is 14.5 Å². The van der Waals surface area contributed by atoms with Crippen LogP contribution in [0.15, 0.2) is 54.6 Å². The van der Waals surface area contributed by atoms with Crippen LogP contribution in [0.5, 0.6) is 0 Å². The van der Waals surface area contributed by atoms with E-state index in [1.807, 2.05) is 25.1 Å². The van der Waals surface area contributed by atoms with E-state index in [0.717, 1.165) is 12.8 Å². The Balaban J connectivity index is 1.73. The summed E-state index contributed by atoms with van der Waals surface area (Å²) < 4.78 is 0. The molecule has 1 heterocycles. The molecule has 3 rings (SSSR count). The van der Waals surface area contributed by atoms with E-state index in [1.54, 1.807) is 24.3 Å². The third-order valence-electron chi connectivity index (χ3n) is 3.96. The van der Waals surface area contributed by atoms with Crippen molar-refractivity contribution in [3.05, 3.63) is 71.3 Å². The molecule has 2 aromatic carbocycles. The summed E-state index contributed by atoms with van der Waals surface area (Å²) in [7, 11) is 0. The van der Waals surface area contributed by atoms with Crippen LogP contribution in [-0.4, -0.2) is 22.8 Å². The smallest absolute Gasteiger partial charge is 0.261 e. The zero-order valence-corrected chi connectivity index (χ0v) is 12.0. The quantitative estimate of drug-likeness (QED) is 0.805. The summed E-state index contributed by atoms with van der Waals surface area (Å²) in [6.07, 6.45) is 1.63. The molecule has 0 saturated heterocycles. The van der Waals surface area contributed by atoms with Crippen LogP contribution in [0, 0.1) is 0 Å². The van der Waals surface area contributed by atoms with Crippen molar-refractivity contribution in [2.45, 2.75) is 25.8 Å². The number of hydrogen-bond acceptors (Lipinski definition) is 2. The predicted molar refractivity (Wildman–Crippen MR) is 81.2 cm³/mol. The summed E-state index contributed by atoms with van der Waals surface area (Å²) in [5.41, 5.74) is 2.27. The van der Waals surface area contributed by atoms with Crippen molar-refractivity contribution in [1.29, 1.82) is 0 Å². The summed E-state index contributed by atoms with van der Waals surface area (Å²) in [5, 5.41) is 0. The molecule has 2 amide bonds. The molecule has 0 aliphatic carbocycles. The highest BCUT2D eigenvalue weighted by Gasteiger charge is 2.37. The minimum atomic E-state index is -0.170. The number of hydrogen-bond donors (Lipinski definition) is 0. The van der Waals surface area contributed by atoms with Crippen LogP contribution in [-0.2, 0) is 6.42 Å². The van der Waals surface area contributed by atoms with Gasteiger partial charge in [-0.2, -0.15) is 0 Å². The van der Waals surface area contributed by atoms with E-state index in [-0.39, 0.29) is 17.9 Å². The van der Waals surface area contributed by atoms with Crippen molar-refractivity contribution in [2.75, 3.05) is 0 Å². The summed E-state index contributed by atoms with van der Waals surface area (Å²) in [6, 6.07) is 17.0. The second-order valence-corrected chi connectivity index (χ2v) is 5.40. The highest BCUT2D eigenvalue weighted by molar-refractivity contribution is 6.21. The second-order valence-electron chi connectivity index (χ2n) is 5.40. The molecule has 0 N–H and O–H groups in total. The second kappa shape index (κ2) is 5.52. The lowest BCUT2D eigenvalue weighted by molar-refractivity contribution is 0.0590. The maximum Gasteiger partial charge on any atom is 0.261 e. The molecule has 106 valence electrons. The summed E-state index contributed by atoms with van der Waals surface area (Å²) >= 11 is 0. The maximum atomic E-state index is 12.4. The summed E-state index contributed by atoms with van der Waals surface area (Å²) in [6.45, 7) is 1.94. The van der Waals surface area contributed by atoms with Gasteiger partial charge in [0.05, 0.1) is 11.1 Å². The Morgan fingerprint density at radius 2 is 1.38 bits per heavy atom. The van der Waals surface area contributed by atoms with Gasteiger partial charge in [0.2, 0.25) is 0 Å². The van der Waals surface area contributed by atoms with Crippen LogP contribution in [0.1, 0.15) is 39.6 Å². The van der Waals surface area contributed by atoms with Crippen molar-refractivity contribution in [2.24, 2.45) is 0 Å². The van der Waals surface area contributed by atoms with E-state index < -0.39 is 0 Å². The van der Waals surface area contributed by atoms with E-state index in [2.05, 4.69) is 12.1 Å². The van der Waals surface area contributed by atoms with Crippen LogP contribution in [0.2, 0.25) is 0 Å². The Hall–Kier alpha value is -2.42. The fraction of sp³-hybridized carbons (Fsp3) is 0.222. The van der Waals surface area contributed by atoms with Gasteiger partial charge >= 0.3 is 0 Å². The minimum absolute atomic E-state index is 0.0994. The van der Waals surface area contributed by atoms with Gasteiger partial charge in [-0.15, -0.1) is 0 Å². The van der Waals surface area contributed by atoms with E-state index >= 15 is 0 Å². The lowest BCUT2D eigenvalue weighted by atomic mass is 10.1. The Labute approximate surface area is 124 Å². The van der Waals surface area contributed by atoms with Gasteiger partial charge in [-0.1, -0.05) is 42.5 Å². The monoisotopic (exact) mass is 279 g/mol. The number of imide groups is 1. The Bertz CT molecular complexity index is 644. The van der Waals surface area contributed by atoms with Crippen LogP contribution >= 0.6 is 0 Å². The Morgan fingerprint density at radius 3 is 1.95 bits per heavy atom. The van der Waals surface area contributed by atoms with Gasteiger partial charge in [-0.05, 0) is 37.5 Å². The first kappa shape index (κ1) is 13.6. The first-order valence-electron chi connectivity index (χ1n) is 7.19. The number of carbonyl (C=O) groups is 2. The molecule has 0 bridgehead atoms. The number of benzene rings is 2. The molecule has 21 heavy (non-hydrogen) atoms. The van der Waals surface area contributed by atoms with Gasteiger partial charge in [0, 0.05) is 6.04 Å². The molecule has 1 aliphatic heterocycles. The fourth-order valence-electron chi connectivity index (χ4n) is 2.76. The van der Waals surface area contributed by atoms with Gasteiger partial charge < -0.3 is 0 Å². The topological polar surface area (TPSA) is 37.4 Å². The largest absolute Gasteiger partial charge is 0.271 e. The SMILES string of the molecule is CC(CCc1ccccc1)N1C(=O)c2ccccc2C1=O. The zero-order chi connectivity index (χ0) is 14.8. The number of nitrogens with zero attached hydrogens (tertiary/aromatic N) is 1. The van der Waals surface area contributed by atoms with Crippen LogP contribution in [0.25, 0.3) is 0 Å². The van der Waals surface area contributed by atoms with E-state index in [1.165, 1.54) is 10.5 Å². The van der Waals surface area contributed by atoms with Crippen molar-refractivity contribution in [3.8, 4) is 0 Å². The Morgan fingerprint density at radius 1 is 0.857 bits per heavy atom. The highest BCUT2D eigenvalue weighted by atomic mass is 16.2. The molecule has 3 nitrogen and oxygen atoms in total. The predicted octanol–water partition coefficient (Wildman–Crippen LogP) is 3.30. The number of amides is 2. The summed E-state index contributed by atoms with van der Waals surface area (Å²) in [5.74, 6) is -0.340. The van der Waals surface area contributed by atoms with E-state index in [4.69, 9.17) is 0 Å². The molecule has 0 fully saturated rings. The lowest BCUT2D eigenvalue weighted by Gasteiger charge is -2.22. The normalized spacial score (nSPS) is 15.2. The van der Waals surface area contributed by atoms with Crippen molar-refractivity contribution >= 4 is 11.8 Å². The van der Waals surface area contributed by atoms with Gasteiger partial charge in [-0.25, -0.2) is 0 Å². The first-order chi connectivity index (χ1) is 10.2. The Kier molecular flexibility index (Phi) is 3.57. The number of rotatable bonds is 4. The highest BCUT2D eigenvalue weighted by Crippen LogP contribution is 2.25. The third-order valence-corrected chi connectivity index (χ3v) is 3.96. The first-order valence-corrected chi connectivity index (χ1v) is 7.19. The zero-order valence-electron chi connectivity index (χ0n) is 12.0. The maximum absolute atomic E-state index is 12.4. The molecule has 0 aromatic heterocycles. The third kappa shape index (κ3) is 2.47. The molecule has 2 aromatic rings. The lowest BCUT2D eigenvalue weighted by Crippen LogP contribution is -2.38. The van der Waals surface area contributed by atoms with Crippen LogP contribution < -0.4 is 0 Å². The van der Waals surface area contributed by atoms with Crippen LogP contribution in [0.3, 0.4) is 0 Å². The van der Waals surface area contributed by atoms with E-state index in [0.29, 0.717) is 11.1 Å². The van der Waals surface area contributed by atoms with Crippen molar-refractivity contribution in [1.82, 2.24) is 4.90 Å². The summed E-state index contributed by atoms with van der Waals surface area (Å²) in [4.78, 5) is 26.1. The van der Waals surface area contributed by atoms with E-state index in [9.17, 15) is 9.59 Å². The van der Waals surface area contributed by atoms with Crippen molar-refractivity contribution in [3.63, 3.8) is 0 Å². The molecule has 0 saturated carbocycles. The molecule has 0 spiro atoms. The molecular formula is C18H17NO2. The average Bonchev–Trinajstić information content (AvgIpc) is 2.78. The molecule has 1 unspecified atom stereocenters. The van der Waals surface area contributed by atoms with Gasteiger partial charge in [0.1, 0.15) is 0 Å². The molecule has 0 radical (unpaired) electrons. The van der Waals surface area contributed by atoms with Crippen LogP contribution in [0.4, 0.5) is 0 Å². The molecule has 3 heteroatoms. The fourth-order valence-corrected chi connectivity index (χ4v) is 2.76. The molecule has 1 aliphatic rings. The molecule has 1 atom stereocenters. The number of fused-ring (bicyclic) bond motifs is 1. The van der Waals surface area contributed by atoms with Crippen molar-refractivity contribution < 1.29 is 9.59 Å². The van der Waals surface area contributed by atoms with Gasteiger partial charge in [0.25, 0.3) is 11.8 Å². The average molecular weight is 279 g/mol.